The molecule has 0 aliphatic carbocycles. The third kappa shape index (κ3) is 3.38. The molecule has 0 radical (unpaired) electrons. The zero-order valence-electron chi connectivity index (χ0n) is 7.78. The van der Waals surface area contributed by atoms with Gasteiger partial charge in [-0.05, 0) is 17.7 Å². The molecule has 1 rings (SSSR count). The molecule has 0 amide bonds. The van der Waals surface area contributed by atoms with Crippen LogP contribution in [0, 0.1) is 0 Å². The minimum Gasteiger partial charge on any atom is -0.550 e. The van der Waals surface area contributed by atoms with E-state index in [4.69, 9.17) is 5.73 Å². The first-order valence-corrected chi connectivity index (χ1v) is 3.67. The first-order valence-electron chi connectivity index (χ1n) is 3.67. The second kappa shape index (κ2) is 5.27. The van der Waals surface area contributed by atoms with Crippen LogP contribution in [0.25, 0.3) is 0 Å². The van der Waals surface area contributed by atoms with Crippen molar-refractivity contribution in [2.45, 2.75) is 12.8 Å². The van der Waals surface area contributed by atoms with E-state index in [0.29, 0.717) is 11.3 Å². The number of carboxylic acids is 1. The van der Waals surface area contributed by atoms with Gasteiger partial charge in [0.2, 0.25) is 0 Å². The molecule has 0 unspecified atom stereocenters. The van der Waals surface area contributed by atoms with Crippen LogP contribution in [-0.4, -0.2) is 5.97 Å². The summed E-state index contributed by atoms with van der Waals surface area (Å²) in [5.74, 6) is -1.65. The molecule has 0 aliphatic heterocycles. The smallest absolute Gasteiger partial charge is 0.550 e. The molecule has 13 heavy (non-hydrogen) atoms. The summed E-state index contributed by atoms with van der Waals surface area (Å²) in [4.78, 5) is 10.4. The van der Waals surface area contributed by atoms with Crippen molar-refractivity contribution in [1.82, 2.24) is 0 Å². The maximum atomic E-state index is 10.4. The number of carbonyl (C=O) groups is 1. The van der Waals surface area contributed by atoms with Gasteiger partial charge in [0, 0.05) is 17.6 Å². The Morgan fingerprint density at radius 2 is 1.85 bits per heavy atom. The van der Waals surface area contributed by atoms with Gasteiger partial charge < -0.3 is 15.6 Å². The van der Waals surface area contributed by atoms with Gasteiger partial charge in [0.25, 0.3) is 0 Å². The Labute approximate surface area is 99.2 Å². The number of carboxylic acid groups (broad SMARTS) is 1. The van der Waals surface area contributed by atoms with Gasteiger partial charge in [0.05, 0.1) is 0 Å². The van der Waals surface area contributed by atoms with E-state index in [1.54, 1.807) is 31.2 Å². The Bertz CT molecular complexity index is 284. The van der Waals surface area contributed by atoms with E-state index in [1.807, 2.05) is 0 Å². The SMILES string of the molecule is C[C@@H](C(=O)[O-])c1ccc(N)cc1.[Na+]. The van der Waals surface area contributed by atoms with Crippen LogP contribution >= 0.6 is 0 Å². The van der Waals surface area contributed by atoms with E-state index < -0.39 is 11.9 Å². The summed E-state index contributed by atoms with van der Waals surface area (Å²) in [6.07, 6.45) is 0. The maximum Gasteiger partial charge on any atom is 1.00 e. The molecule has 3 nitrogen and oxygen atoms in total. The Hall–Kier alpha value is -0.510. The number of hydrogen-bond donors (Lipinski definition) is 1. The number of carbonyl (C=O) groups excluding carboxylic acids is 1. The summed E-state index contributed by atoms with van der Waals surface area (Å²) < 4.78 is 0. The van der Waals surface area contributed by atoms with Crippen LogP contribution in [0.2, 0.25) is 0 Å². The largest absolute Gasteiger partial charge is 1.00 e. The number of nitrogen functional groups attached to an aromatic ring is 1. The summed E-state index contributed by atoms with van der Waals surface area (Å²) in [5, 5.41) is 10.4. The van der Waals surface area contributed by atoms with Crippen molar-refractivity contribution in [3.63, 3.8) is 0 Å². The summed E-state index contributed by atoms with van der Waals surface area (Å²) in [5.41, 5.74) is 6.78. The van der Waals surface area contributed by atoms with Gasteiger partial charge in [-0.15, -0.1) is 0 Å². The first kappa shape index (κ1) is 12.5. The molecule has 0 heterocycles. The summed E-state index contributed by atoms with van der Waals surface area (Å²) in [6.45, 7) is 1.58. The van der Waals surface area contributed by atoms with Gasteiger partial charge in [0.15, 0.2) is 0 Å². The Balaban J connectivity index is 0.00000144. The predicted molar refractivity (Wildman–Crippen MR) is 44.3 cm³/mol. The fraction of sp³-hybridized carbons (Fsp3) is 0.222. The normalized spacial score (nSPS) is 11.5. The average Bonchev–Trinajstić information content (AvgIpc) is 2.04. The molecule has 0 bridgehead atoms. The molecule has 0 saturated carbocycles. The van der Waals surface area contributed by atoms with E-state index in [2.05, 4.69) is 0 Å². The van der Waals surface area contributed by atoms with Gasteiger partial charge in [-0.1, -0.05) is 19.1 Å². The molecule has 1 atom stereocenters. The van der Waals surface area contributed by atoms with Crippen molar-refractivity contribution in [2.75, 3.05) is 5.73 Å². The molecular weight excluding hydrogens is 177 g/mol. The fourth-order valence-electron chi connectivity index (χ4n) is 0.921. The van der Waals surface area contributed by atoms with Crippen LogP contribution in [0.5, 0.6) is 0 Å². The van der Waals surface area contributed by atoms with Gasteiger partial charge in [-0.2, -0.15) is 0 Å². The molecule has 0 aliphatic rings. The van der Waals surface area contributed by atoms with Crippen LogP contribution in [0.15, 0.2) is 24.3 Å². The van der Waals surface area contributed by atoms with Crippen LogP contribution in [0.3, 0.4) is 0 Å². The van der Waals surface area contributed by atoms with E-state index in [-0.39, 0.29) is 29.6 Å². The zero-order valence-corrected chi connectivity index (χ0v) is 9.78. The average molecular weight is 187 g/mol. The van der Waals surface area contributed by atoms with Crippen molar-refractivity contribution in [3.05, 3.63) is 29.8 Å². The number of anilines is 1. The molecule has 2 N–H and O–H groups in total. The van der Waals surface area contributed by atoms with Crippen molar-refractivity contribution in [2.24, 2.45) is 0 Å². The number of hydrogen-bond acceptors (Lipinski definition) is 3. The van der Waals surface area contributed by atoms with Crippen molar-refractivity contribution >= 4 is 11.7 Å². The Morgan fingerprint density at radius 3 is 2.23 bits per heavy atom. The molecule has 0 aromatic heterocycles. The fourth-order valence-corrected chi connectivity index (χ4v) is 0.921. The van der Waals surface area contributed by atoms with Crippen LogP contribution in [0.4, 0.5) is 5.69 Å². The van der Waals surface area contributed by atoms with Crippen LogP contribution in [0.1, 0.15) is 18.4 Å². The second-order valence-corrected chi connectivity index (χ2v) is 2.71. The molecule has 64 valence electrons. The molecule has 0 saturated heterocycles. The summed E-state index contributed by atoms with van der Waals surface area (Å²) >= 11 is 0. The minimum absolute atomic E-state index is 0. The second-order valence-electron chi connectivity index (χ2n) is 2.71. The maximum absolute atomic E-state index is 10.4. The van der Waals surface area contributed by atoms with Gasteiger partial charge in [0.1, 0.15) is 0 Å². The summed E-state index contributed by atoms with van der Waals surface area (Å²) in [7, 11) is 0. The predicted octanol–water partition coefficient (Wildman–Crippen LogP) is -2.87. The third-order valence-electron chi connectivity index (χ3n) is 1.79. The minimum atomic E-state index is -1.07. The molecule has 1 aromatic rings. The summed E-state index contributed by atoms with van der Waals surface area (Å²) in [6, 6.07) is 6.73. The molecular formula is C9H10NNaO2. The standard InChI is InChI=1S/C9H11NO2.Na/c1-6(9(11)12)7-2-4-8(10)5-3-7;/h2-6H,10H2,1H3,(H,11,12);/q;+1/p-1/t6-;/m1./s1. The molecule has 0 fully saturated rings. The monoisotopic (exact) mass is 187 g/mol. The van der Waals surface area contributed by atoms with Crippen molar-refractivity contribution in [1.29, 1.82) is 0 Å². The third-order valence-corrected chi connectivity index (χ3v) is 1.79. The van der Waals surface area contributed by atoms with Gasteiger partial charge in [-0.3, -0.25) is 0 Å². The molecule has 4 heteroatoms. The molecule has 0 spiro atoms. The van der Waals surface area contributed by atoms with Crippen molar-refractivity contribution < 1.29 is 39.5 Å². The van der Waals surface area contributed by atoms with E-state index in [9.17, 15) is 9.90 Å². The Kier molecular flexibility index (Phi) is 5.06. The number of nitrogens with two attached hydrogens (primary N) is 1. The zero-order chi connectivity index (χ0) is 9.14. The van der Waals surface area contributed by atoms with Crippen LogP contribution in [-0.2, 0) is 4.79 Å². The van der Waals surface area contributed by atoms with E-state index in [1.165, 1.54) is 0 Å². The number of aliphatic carboxylic acids is 1. The van der Waals surface area contributed by atoms with Gasteiger partial charge in [-0.25, -0.2) is 0 Å². The Morgan fingerprint density at radius 1 is 1.38 bits per heavy atom. The van der Waals surface area contributed by atoms with Crippen molar-refractivity contribution in [3.8, 4) is 0 Å². The van der Waals surface area contributed by atoms with Gasteiger partial charge >= 0.3 is 29.6 Å². The van der Waals surface area contributed by atoms with E-state index in [0.717, 1.165) is 0 Å². The van der Waals surface area contributed by atoms with Crippen LogP contribution < -0.4 is 40.4 Å². The van der Waals surface area contributed by atoms with E-state index >= 15 is 0 Å². The first-order chi connectivity index (χ1) is 5.61. The quantitative estimate of drug-likeness (QED) is 0.399. The topological polar surface area (TPSA) is 66.1 Å². The number of rotatable bonds is 2. The molecule has 1 aromatic carbocycles. The number of benzene rings is 1.